The summed E-state index contributed by atoms with van der Waals surface area (Å²) in [5.41, 5.74) is 10.9. The van der Waals surface area contributed by atoms with E-state index in [0.29, 0.717) is 0 Å². The quantitative estimate of drug-likeness (QED) is 0.124. The van der Waals surface area contributed by atoms with Gasteiger partial charge >= 0.3 is 0 Å². The van der Waals surface area contributed by atoms with Crippen LogP contribution in [0.5, 0.6) is 0 Å². The van der Waals surface area contributed by atoms with E-state index in [4.69, 9.17) is 4.74 Å². The van der Waals surface area contributed by atoms with Crippen molar-refractivity contribution in [1.82, 2.24) is 0 Å². The number of hydrogen-bond donors (Lipinski definition) is 0. The largest absolute Gasteiger partial charge is 0.472 e. The average molecular weight is 605 g/mol. The van der Waals surface area contributed by atoms with E-state index in [9.17, 15) is 0 Å². The minimum Gasteiger partial charge on any atom is -0.472 e. The highest BCUT2D eigenvalue weighted by molar-refractivity contribution is 5.72. The van der Waals surface area contributed by atoms with Crippen LogP contribution >= 0.6 is 0 Å². The molecule has 0 saturated carbocycles. The van der Waals surface area contributed by atoms with Crippen LogP contribution in [0.3, 0.4) is 0 Å². The third-order valence-corrected chi connectivity index (χ3v) is 9.65. The number of unbranched alkanes of at least 4 members (excludes halogenated alkanes) is 7. The van der Waals surface area contributed by atoms with E-state index in [-0.39, 0.29) is 0 Å². The molecule has 1 aliphatic rings. The highest BCUT2D eigenvalue weighted by atomic mass is 16.5. The van der Waals surface area contributed by atoms with E-state index in [1.807, 2.05) is 0 Å². The Balaban J connectivity index is 2.08. The molecule has 0 fully saturated rings. The zero-order chi connectivity index (χ0) is 31.9. The monoisotopic (exact) mass is 604 g/mol. The molecule has 0 amide bonds. The summed E-state index contributed by atoms with van der Waals surface area (Å²) in [5.74, 6) is 0.989. The van der Waals surface area contributed by atoms with Crippen LogP contribution in [-0.4, -0.2) is 0 Å². The lowest BCUT2D eigenvalue weighted by Gasteiger charge is -2.37. The van der Waals surface area contributed by atoms with Gasteiger partial charge in [0.25, 0.3) is 0 Å². The van der Waals surface area contributed by atoms with Crippen LogP contribution < -0.4 is 0 Å². The summed E-state index contributed by atoms with van der Waals surface area (Å²) in [7, 11) is 0. The standard InChI is InChI=1S/C44H60O/c1-6-11-16-21-29-38-34-43(35-25-19-17-20-26-35)45-44(38,37-27-22-18-23-28-37)42-33-36(24-12-7-2)39(30-13-8-3)40(31-14-9-4)41(42)32-15-10-5/h17-20,22-23,25-29,33-34H,6-16,21,24,30-32H2,1-5H3/b38-29+. The molecular formula is C44H60O. The van der Waals surface area contributed by atoms with Crippen molar-refractivity contribution in [2.75, 3.05) is 0 Å². The molecule has 1 unspecified atom stereocenters. The molecule has 3 aromatic carbocycles. The molecule has 4 rings (SSSR count). The van der Waals surface area contributed by atoms with Crippen LogP contribution in [0, 0.1) is 0 Å². The minimum atomic E-state index is -0.660. The molecule has 0 spiro atoms. The molecule has 3 aromatic rings. The number of rotatable bonds is 19. The van der Waals surface area contributed by atoms with Crippen molar-refractivity contribution in [2.24, 2.45) is 0 Å². The molecule has 1 heterocycles. The van der Waals surface area contributed by atoms with Crippen molar-refractivity contribution in [1.29, 1.82) is 0 Å². The first-order valence-corrected chi connectivity index (χ1v) is 18.5. The second-order valence-corrected chi connectivity index (χ2v) is 13.1. The van der Waals surface area contributed by atoms with Crippen LogP contribution in [-0.2, 0) is 36.0 Å². The van der Waals surface area contributed by atoms with E-state index >= 15 is 0 Å². The van der Waals surface area contributed by atoms with E-state index in [2.05, 4.69) is 114 Å². The fraction of sp³-hybridized carbons (Fsp3) is 0.500. The van der Waals surface area contributed by atoms with Gasteiger partial charge in [0, 0.05) is 22.3 Å². The Morgan fingerprint density at radius 1 is 0.578 bits per heavy atom. The molecule has 0 N–H and O–H groups in total. The maximum atomic E-state index is 7.53. The molecule has 0 aromatic heterocycles. The highest BCUT2D eigenvalue weighted by Crippen LogP contribution is 2.52. The first-order valence-electron chi connectivity index (χ1n) is 18.5. The number of benzene rings is 3. The van der Waals surface area contributed by atoms with E-state index in [1.54, 1.807) is 22.3 Å². The van der Waals surface area contributed by atoms with Crippen LogP contribution in [0.15, 0.2) is 84.5 Å². The summed E-state index contributed by atoms with van der Waals surface area (Å²) in [6, 6.07) is 24.6. The zero-order valence-corrected chi connectivity index (χ0v) is 29.2. The van der Waals surface area contributed by atoms with Gasteiger partial charge in [-0.15, -0.1) is 0 Å². The van der Waals surface area contributed by atoms with Crippen molar-refractivity contribution in [3.8, 4) is 0 Å². The summed E-state index contributed by atoms with van der Waals surface area (Å²) < 4.78 is 7.53. The summed E-state index contributed by atoms with van der Waals surface area (Å²) in [4.78, 5) is 0. The molecule has 1 nitrogen and oxygen atoms in total. The van der Waals surface area contributed by atoms with Crippen molar-refractivity contribution in [3.63, 3.8) is 0 Å². The Morgan fingerprint density at radius 3 is 1.76 bits per heavy atom. The van der Waals surface area contributed by atoms with Gasteiger partial charge in [-0.2, -0.15) is 0 Å². The third kappa shape index (κ3) is 8.41. The number of aryl methyl sites for hydroxylation is 1. The molecule has 0 aliphatic carbocycles. The maximum Gasteiger partial charge on any atom is 0.184 e. The topological polar surface area (TPSA) is 9.23 Å². The molecule has 0 bridgehead atoms. The fourth-order valence-electron chi connectivity index (χ4n) is 7.11. The lowest BCUT2D eigenvalue weighted by Crippen LogP contribution is -2.32. The normalized spacial score (nSPS) is 17.1. The molecular weight excluding hydrogens is 544 g/mol. The van der Waals surface area contributed by atoms with Crippen molar-refractivity contribution in [3.05, 3.63) is 123 Å². The predicted molar refractivity (Wildman–Crippen MR) is 196 cm³/mol. The number of allylic oxidation sites excluding steroid dienone is 1. The molecule has 45 heavy (non-hydrogen) atoms. The van der Waals surface area contributed by atoms with Gasteiger partial charge in [-0.3, -0.25) is 0 Å². The smallest absolute Gasteiger partial charge is 0.184 e. The summed E-state index contributed by atoms with van der Waals surface area (Å²) in [6.07, 6.45) is 24.1. The van der Waals surface area contributed by atoms with Crippen molar-refractivity contribution >= 4 is 5.76 Å². The number of hydrogen-bond acceptors (Lipinski definition) is 1. The summed E-state index contributed by atoms with van der Waals surface area (Å²) in [5, 5.41) is 0. The molecule has 1 heteroatoms. The Morgan fingerprint density at radius 2 is 1.13 bits per heavy atom. The third-order valence-electron chi connectivity index (χ3n) is 9.65. The molecule has 0 radical (unpaired) electrons. The van der Waals surface area contributed by atoms with E-state index < -0.39 is 5.60 Å². The van der Waals surface area contributed by atoms with Gasteiger partial charge in [0.1, 0.15) is 5.76 Å². The van der Waals surface area contributed by atoms with Crippen LogP contribution in [0.2, 0.25) is 0 Å². The Labute approximate surface area is 276 Å². The van der Waals surface area contributed by atoms with Gasteiger partial charge < -0.3 is 4.74 Å². The van der Waals surface area contributed by atoms with Gasteiger partial charge in [0.2, 0.25) is 0 Å². The van der Waals surface area contributed by atoms with Crippen molar-refractivity contribution < 1.29 is 4.74 Å². The molecule has 242 valence electrons. The van der Waals surface area contributed by atoms with Gasteiger partial charge in [-0.05, 0) is 92.5 Å². The summed E-state index contributed by atoms with van der Waals surface area (Å²) >= 11 is 0. The molecule has 1 atom stereocenters. The van der Waals surface area contributed by atoms with Crippen LogP contribution in [0.25, 0.3) is 5.76 Å². The van der Waals surface area contributed by atoms with Gasteiger partial charge in [0.15, 0.2) is 5.60 Å². The lowest BCUT2D eigenvalue weighted by atomic mass is 9.73. The van der Waals surface area contributed by atoms with Crippen molar-refractivity contribution in [2.45, 2.75) is 143 Å². The molecule has 1 aliphatic heterocycles. The van der Waals surface area contributed by atoms with Gasteiger partial charge in [0.05, 0.1) is 0 Å². The van der Waals surface area contributed by atoms with Crippen LogP contribution in [0.4, 0.5) is 0 Å². The van der Waals surface area contributed by atoms with Gasteiger partial charge in [-0.1, -0.05) is 146 Å². The highest BCUT2D eigenvalue weighted by Gasteiger charge is 2.46. The Hall–Kier alpha value is -3.06. The summed E-state index contributed by atoms with van der Waals surface area (Å²) in [6.45, 7) is 11.7. The zero-order valence-electron chi connectivity index (χ0n) is 29.2. The second kappa shape index (κ2) is 18.2. The first kappa shape index (κ1) is 34.8. The SMILES string of the molecule is CCCCC/C=C1\C=C(c2ccccc2)OC1(c1ccccc1)c1cc(CCCC)c(CCCC)c(CCCC)c1CCCC. The minimum absolute atomic E-state index is 0.660. The van der Waals surface area contributed by atoms with E-state index in [0.717, 1.165) is 30.6 Å². The fourth-order valence-corrected chi connectivity index (χ4v) is 7.11. The van der Waals surface area contributed by atoms with Crippen LogP contribution in [0.1, 0.15) is 151 Å². The average Bonchev–Trinajstić information content (AvgIpc) is 3.47. The lowest BCUT2D eigenvalue weighted by molar-refractivity contribution is 0.133. The Kier molecular flexibility index (Phi) is 14.1. The maximum absolute atomic E-state index is 7.53. The second-order valence-electron chi connectivity index (χ2n) is 13.1. The van der Waals surface area contributed by atoms with Gasteiger partial charge in [-0.25, -0.2) is 0 Å². The number of ether oxygens (including phenoxy) is 1. The van der Waals surface area contributed by atoms with E-state index in [1.165, 1.54) is 100 Å². The molecule has 0 saturated heterocycles. The Bertz CT molecular complexity index is 1360. The first-order chi connectivity index (χ1) is 22.1. The predicted octanol–water partition coefficient (Wildman–Crippen LogP) is 12.9.